The van der Waals surface area contributed by atoms with Crippen molar-refractivity contribution in [2.45, 2.75) is 27.2 Å². The van der Waals surface area contributed by atoms with Crippen molar-refractivity contribution in [2.24, 2.45) is 0 Å². The van der Waals surface area contributed by atoms with Gasteiger partial charge in [-0.25, -0.2) is 0 Å². The molecule has 0 aliphatic rings. The van der Waals surface area contributed by atoms with Crippen LogP contribution < -0.4 is 0 Å². The van der Waals surface area contributed by atoms with Gasteiger partial charge in [0.25, 0.3) is 0 Å². The molecule has 0 saturated heterocycles. The highest BCUT2D eigenvalue weighted by atomic mass is 28.3. The minimum absolute atomic E-state index is 0.755. The third-order valence-electron chi connectivity index (χ3n) is 0.944. The fraction of sp³-hybridized carbons (Fsp3) is 0.857. The van der Waals surface area contributed by atoms with E-state index in [1.54, 1.807) is 0 Å². The molecule has 0 aromatic rings. The van der Waals surface area contributed by atoms with Gasteiger partial charge >= 0.3 is 8.90 Å². The lowest BCUT2D eigenvalue weighted by atomic mass is 10.6. The monoisotopic (exact) mass is 160 g/mol. The lowest BCUT2D eigenvalue weighted by Crippen LogP contribution is -2.15. The maximum absolute atomic E-state index is 5.35. The van der Waals surface area contributed by atoms with Crippen LogP contribution in [0.3, 0.4) is 0 Å². The second kappa shape index (κ2) is 6.80. The summed E-state index contributed by atoms with van der Waals surface area (Å²) in [5, 5.41) is 0. The van der Waals surface area contributed by atoms with Gasteiger partial charge in [0.1, 0.15) is 0 Å². The third-order valence-corrected chi connectivity index (χ3v) is 2.83. The summed E-state index contributed by atoms with van der Waals surface area (Å²) in [7, 11) is -1.02. The van der Waals surface area contributed by atoms with E-state index in [1.165, 1.54) is 0 Å². The molecule has 0 N–H and O–H groups in total. The van der Waals surface area contributed by atoms with Gasteiger partial charge < -0.3 is 8.85 Å². The number of rotatable bonds is 5. The minimum atomic E-state index is -1.02. The van der Waals surface area contributed by atoms with Crippen molar-refractivity contribution in [2.75, 3.05) is 13.2 Å². The van der Waals surface area contributed by atoms with Gasteiger partial charge in [-0.3, -0.25) is 0 Å². The largest absolute Gasteiger partial charge is 0.524 e. The first kappa shape index (κ1) is 9.69. The number of hydrogen-bond donors (Lipinski definition) is 0. The second-order valence-corrected chi connectivity index (χ2v) is 3.42. The molecular formula is C7H16O2Si. The highest BCUT2D eigenvalue weighted by Gasteiger charge is 1.98. The van der Waals surface area contributed by atoms with Crippen LogP contribution in [0.15, 0.2) is 0 Å². The average Bonchev–Trinajstić information content (AvgIpc) is 1.90. The zero-order chi connectivity index (χ0) is 7.82. The summed E-state index contributed by atoms with van der Waals surface area (Å²) in [6, 6.07) is 0. The Morgan fingerprint density at radius 2 is 1.60 bits per heavy atom. The summed E-state index contributed by atoms with van der Waals surface area (Å²) in [4.78, 5) is 0. The molecule has 0 atom stereocenters. The van der Waals surface area contributed by atoms with Crippen LogP contribution in [0.25, 0.3) is 0 Å². The lowest BCUT2D eigenvalue weighted by molar-refractivity contribution is 0.235. The quantitative estimate of drug-likeness (QED) is 0.565. The predicted octanol–water partition coefficient (Wildman–Crippen LogP) is 1.34. The summed E-state index contributed by atoms with van der Waals surface area (Å²) < 4.78 is 10.7. The van der Waals surface area contributed by atoms with E-state index in [9.17, 15) is 0 Å². The molecule has 0 fully saturated rings. The summed E-state index contributed by atoms with van der Waals surface area (Å²) in [6.45, 7) is 7.60. The number of hydrogen-bond acceptors (Lipinski definition) is 2. The molecule has 0 spiro atoms. The molecule has 0 radical (unpaired) electrons. The van der Waals surface area contributed by atoms with Crippen molar-refractivity contribution in [1.82, 2.24) is 0 Å². The summed E-state index contributed by atoms with van der Waals surface area (Å²) >= 11 is 0. The zero-order valence-corrected chi connectivity index (χ0v) is 8.02. The molecule has 2 nitrogen and oxygen atoms in total. The van der Waals surface area contributed by atoms with Crippen molar-refractivity contribution < 1.29 is 8.85 Å². The first-order chi connectivity index (χ1) is 4.85. The van der Waals surface area contributed by atoms with Crippen LogP contribution in [0.5, 0.6) is 0 Å². The first-order valence-electron chi connectivity index (χ1n) is 3.80. The van der Waals surface area contributed by atoms with Crippen molar-refractivity contribution in [3.63, 3.8) is 0 Å². The highest BCUT2D eigenvalue weighted by Crippen LogP contribution is 1.81. The predicted molar refractivity (Wildman–Crippen MR) is 45.4 cm³/mol. The van der Waals surface area contributed by atoms with Gasteiger partial charge in [-0.15, -0.1) is 0 Å². The van der Waals surface area contributed by atoms with Gasteiger partial charge in [0.15, 0.2) is 0 Å². The van der Waals surface area contributed by atoms with Gasteiger partial charge in [0.05, 0.1) is 13.2 Å². The van der Waals surface area contributed by atoms with Crippen LogP contribution in [0.4, 0.5) is 0 Å². The van der Waals surface area contributed by atoms with E-state index in [4.69, 9.17) is 8.85 Å². The standard InChI is InChI=1S/C7H16O2Si/c1-4-7-10(8-5-2)9-6-3/h7H,4-6H2,1-3H3. The molecule has 0 aliphatic heterocycles. The molecule has 10 heavy (non-hydrogen) atoms. The zero-order valence-electron chi connectivity index (χ0n) is 7.02. The Morgan fingerprint density at radius 3 is 1.90 bits per heavy atom. The molecular weight excluding hydrogens is 144 g/mol. The molecule has 0 rings (SSSR count). The molecule has 0 aromatic heterocycles. The first-order valence-corrected chi connectivity index (χ1v) is 5.20. The topological polar surface area (TPSA) is 18.5 Å². The van der Waals surface area contributed by atoms with Crippen LogP contribution >= 0.6 is 0 Å². The minimum Gasteiger partial charge on any atom is -0.524 e. The van der Waals surface area contributed by atoms with Gasteiger partial charge in [-0.05, 0) is 25.9 Å². The van der Waals surface area contributed by atoms with E-state index in [2.05, 4.69) is 12.6 Å². The maximum atomic E-state index is 5.35. The van der Waals surface area contributed by atoms with E-state index in [-0.39, 0.29) is 0 Å². The van der Waals surface area contributed by atoms with Crippen molar-refractivity contribution in [3.05, 3.63) is 0 Å². The molecule has 0 bridgehead atoms. The van der Waals surface area contributed by atoms with Gasteiger partial charge in [-0.1, -0.05) is 6.92 Å². The second-order valence-electron chi connectivity index (χ2n) is 1.80. The third kappa shape index (κ3) is 4.55. The summed E-state index contributed by atoms with van der Waals surface area (Å²) in [5.74, 6) is 0. The molecule has 3 heteroatoms. The lowest BCUT2D eigenvalue weighted by Gasteiger charge is -2.06. The van der Waals surface area contributed by atoms with E-state index in [0.29, 0.717) is 0 Å². The Bertz CT molecular complexity index is 93.8. The van der Waals surface area contributed by atoms with Crippen LogP contribution in [-0.2, 0) is 8.85 Å². The normalized spacial score (nSPS) is 8.70. The Morgan fingerprint density at radius 1 is 1.10 bits per heavy atom. The fourth-order valence-electron chi connectivity index (χ4n) is 0.611. The van der Waals surface area contributed by atoms with Crippen molar-refractivity contribution in [3.8, 4) is 0 Å². The Balaban J connectivity index is 3.60. The molecule has 0 heterocycles. The Hall–Kier alpha value is -0.313. The summed E-state index contributed by atoms with van der Waals surface area (Å²) in [6.07, 6.45) is 1.04. The maximum Gasteiger partial charge on any atom is 0.475 e. The highest BCUT2D eigenvalue weighted by molar-refractivity contribution is 6.54. The Kier molecular flexibility index (Phi) is 6.59. The van der Waals surface area contributed by atoms with E-state index in [1.807, 2.05) is 13.8 Å². The van der Waals surface area contributed by atoms with Gasteiger partial charge in [-0.2, -0.15) is 0 Å². The van der Waals surface area contributed by atoms with Crippen LogP contribution in [0, 0.1) is 0 Å². The van der Waals surface area contributed by atoms with E-state index >= 15 is 0 Å². The molecule has 60 valence electrons. The van der Waals surface area contributed by atoms with Gasteiger partial charge in [0.2, 0.25) is 0 Å². The van der Waals surface area contributed by atoms with Crippen LogP contribution in [0.2, 0.25) is 0 Å². The van der Waals surface area contributed by atoms with Crippen molar-refractivity contribution >= 4 is 14.6 Å². The molecule has 0 amide bonds. The van der Waals surface area contributed by atoms with Gasteiger partial charge in [0, 0.05) is 0 Å². The molecule has 0 aliphatic carbocycles. The Labute approximate surface area is 64.6 Å². The SMILES string of the molecule is CCC=[Si](OCC)OCC. The van der Waals surface area contributed by atoms with Crippen LogP contribution in [-0.4, -0.2) is 27.8 Å². The van der Waals surface area contributed by atoms with E-state index < -0.39 is 8.90 Å². The van der Waals surface area contributed by atoms with Crippen LogP contribution in [0.1, 0.15) is 27.2 Å². The summed E-state index contributed by atoms with van der Waals surface area (Å²) in [5.41, 5.74) is 2.12. The molecule has 0 aromatic carbocycles. The molecule has 0 unspecified atom stereocenters. The smallest absolute Gasteiger partial charge is 0.475 e. The van der Waals surface area contributed by atoms with Crippen molar-refractivity contribution in [1.29, 1.82) is 0 Å². The average molecular weight is 160 g/mol. The van der Waals surface area contributed by atoms with E-state index in [0.717, 1.165) is 19.6 Å². The molecule has 0 saturated carbocycles. The fourth-order valence-corrected chi connectivity index (χ4v) is 1.83.